The molecule has 64 valence electrons. The summed E-state index contributed by atoms with van der Waals surface area (Å²) in [5, 5.41) is 2.44. The van der Waals surface area contributed by atoms with Gasteiger partial charge in [-0.3, -0.25) is 9.59 Å². The first-order valence-corrected chi connectivity index (χ1v) is 3.56. The van der Waals surface area contributed by atoms with Crippen molar-refractivity contribution in [3.63, 3.8) is 0 Å². The van der Waals surface area contributed by atoms with Gasteiger partial charge < -0.3 is 10.2 Å². The van der Waals surface area contributed by atoms with E-state index >= 15 is 0 Å². The van der Waals surface area contributed by atoms with Gasteiger partial charge in [-0.05, 0) is 0 Å². The Labute approximate surface area is 66.6 Å². The number of carbonyl (C=O) groups is 2. The van der Waals surface area contributed by atoms with E-state index in [-0.39, 0.29) is 18.4 Å². The van der Waals surface area contributed by atoms with Gasteiger partial charge in [0.1, 0.15) is 0 Å². The molecule has 0 saturated carbocycles. The van der Waals surface area contributed by atoms with Crippen molar-refractivity contribution in [3.05, 3.63) is 0 Å². The number of carbonyl (C=O) groups excluding carboxylic acids is 2. The summed E-state index contributed by atoms with van der Waals surface area (Å²) in [6.45, 7) is 1.91. The summed E-state index contributed by atoms with van der Waals surface area (Å²) in [6.07, 6.45) is 0.438. The van der Waals surface area contributed by atoms with Crippen LogP contribution in [-0.2, 0) is 9.59 Å². The number of amides is 2. The van der Waals surface area contributed by atoms with Gasteiger partial charge in [0.2, 0.25) is 11.8 Å². The molecule has 2 amide bonds. The highest BCUT2D eigenvalue weighted by atomic mass is 16.2. The first-order chi connectivity index (χ1) is 5.11. The summed E-state index contributed by atoms with van der Waals surface area (Å²) in [5.41, 5.74) is 0. The second-order valence-electron chi connectivity index (χ2n) is 2.28. The van der Waals surface area contributed by atoms with Crippen molar-refractivity contribution < 1.29 is 9.59 Å². The van der Waals surface area contributed by atoms with Gasteiger partial charge in [0.25, 0.3) is 0 Å². The smallest absolute Gasteiger partial charge is 0.239 e. The number of hydrogen-bond acceptors (Lipinski definition) is 2. The highest BCUT2D eigenvalue weighted by Crippen LogP contribution is 1.87. The van der Waals surface area contributed by atoms with Crippen molar-refractivity contribution in [2.24, 2.45) is 0 Å². The van der Waals surface area contributed by atoms with Crippen molar-refractivity contribution in [1.82, 2.24) is 10.2 Å². The molecule has 0 aliphatic heterocycles. The van der Waals surface area contributed by atoms with Crippen molar-refractivity contribution in [3.8, 4) is 0 Å². The van der Waals surface area contributed by atoms with E-state index in [1.54, 1.807) is 21.0 Å². The van der Waals surface area contributed by atoms with Crippen LogP contribution in [0.5, 0.6) is 0 Å². The summed E-state index contributed by atoms with van der Waals surface area (Å²) in [4.78, 5) is 23.0. The number of rotatable bonds is 3. The van der Waals surface area contributed by atoms with E-state index in [1.165, 1.54) is 4.90 Å². The van der Waals surface area contributed by atoms with Crippen LogP contribution in [-0.4, -0.2) is 37.4 Å². The fourth-order valence-electron chi connectivity index (χ4n) is 0.653. The molecule has 0 aromatic carbocycles. The first-order valence-electron chi connectivity index (χ1n) is 3.56. The van der Waals surface area contributed by atoms with Crippen molar-refractivity contribution in [1.29, 1.82) is 0 Å². The molecule has 0 unspecified atom stereocenters. The third-order valence-electron chi connectivity index (χ3n) is 1.39. The summed E-state index contributed by atoms with van der Waals surface area (Å²) in [6, 6.07) is 0. The molecule has 0 aromatic rings. The zero-order valence-electron chi connectivity index (χ0n) is 7.18. The molecule has 0 radical (unpaired) electrons. The van der Waals surface area contributed by atoms with E-state index in [1.807, 2.05) is 0 Å². The van der Waals surface area contributed by atoms with Crippen molar-refractivity contribution in [2.45, 2.75) is 13.3 Å². The van der Waals surface area contributed by atoms with Crippen LogP contribution in [0.25, 0.3) is 0 Å². The van der Waals surface area contributed by atoms with E-state index in [9.17, 15) is 9.59 Å². The van der Waals surface area contributed by atoms with E-state index < -0.39 is 0 Å². The van der Waals surface area contributed by atoms with Crippen LogP contribution < -0.4 is 5.32 Å². The van der Waals surface area contributed by atoms with E-state index in [0.717, 1.165) is 0 Å². The Balaban J connectivity index is 3.77. The molecule has 1 N–H and O–H groups in total. The zero-order valence-corrected chi connectivity index (χ0v) is 7.18. The molecule has 4 heteroatoms. The third-order valence-corrected chi connectivity index (χ3v) is 1.39. The Morgan fingerprint density at radius 1 is 1.45 bits per heavy atom. The molecule has 0 bridgehead atoms. The van der Waals surface area contributed by atoms with Crippen LogP contribution in [0.3, 0.4) is 0 Å². The highest BCUT2D eigenvalue weighted by Gasteiger charge is 2.08. The maximum Gasteiger partial charge on any atom is 0.239 e. The zero-order chi connectivity index (χ0) is 8.85. The molecule has 0 aromatic heterocycles. The molecule has 0 fully saturated rings. The van der Waals surface area contributed by atoms with Crippen LogP contribution in [0.4, 0.5) is 0 Å². The summed E-state index contributed by atoms with van der Waals surface area (Å²) >= 11 is 0. The molecule has 0 atom stereocenters. The molecule has 0 aliphatic rings. The van der Waals surface area contributed by atoms with Gasteiger partial charge in [0.15, 0.2) is 0 Å². The van der Waals surface area contributed by atoms with Gasteiger partial charge in [-0.1, -0.05) is 6.92 Å². The maximum absolute atomic E-state index is 10.9. The Kier molecular flexibility index (Phi) is 4.26. The molecule has 0 spiro atoms. The van der Waals surface area contributed by atoms with Gasteiger partial charge in [0.05, 0.1) is 6.54 Å². The predicted octanol–water partition coefficient (Wildman–Crippen LogP) is -0.399. The first kappa shape index (κ1) is 9.94. The number of likely N-dealkylation sites (N-methyl/N-ethyl adjacent to an activating group) is 2. The van der Waals surface area contributed by atoms with Crippen LogP contribution in [0, 0.1) is 0 Å². The van der Waals surface area contributed by atoms with E-state index in [4.69, 9.17) is 0 Å². The van der Waals surface area contributed by atoms with Gasteiger partial charge in [-0.25, -0.2) is 0 Å². The average Bonchev–Trinajstić information content (AvgIpc) is 2.02. The third kappa shape index (κ3) is 3.60. The summed E-state index contributed by atoms with van der Waals surface area (Å²) in [7, 11) is 3.16. The van der Waals surface area contributed by atoms with Crippen LogP contribution in [0.1, 0.15) is 13.3 Å². The predicted molar refractivity (Wildman–Crippen MR) is 42.0 cm³/mol. The van der Waals surface area contributed by atoms with E-state index in [0.29, 0.717) is 6.42 Å². The monoisotopic (exact) mass is 158 g/mol. The SMILES string of the molecule is CCC(=O)N(C)CC(=O)NC. The summed E-state index contributed by atoms with van der Waals surface area (Å²) in [5.74, 6) is -0.164. The molecule has 4 nitrogen and oxygen atoms in total. The Bertz CT molecular complexity index is 157. The lowest BCUT2D eigenvalue weighted by Crippen LogP contribution is -2.36. The minimum absolute atomic E-state index is 0.0198. The lowest BCUT2D eigenvalue weighted by atomic mass is 10.4. The van der Waals surface area contributed by atoms with Gasteiger partial charge >= 0.3 is 0 Å². The fourth-order valence-corrected chi connectivity index (χ4v) is 0.653. The number of nitrogens with one attached hydrogen (secondary N) is 1. The highest BCUT2D eigenvalue weighted by molar-refractivity contribution is 5.84. The topological polar surface area (TPSA) is 49.4 Å². The largest absolute Gasteiger partial charge is 0.358 e. The standard InChI is InChI=1S/C7H14N2O2/c1-4-7(11)9(3)5-6(10)8-2/h4-5H2,1-3H3,(H,8,10). The normalized spacial score (nSPS) is 9.00. The Morgan fingerprint density at radius 2 is 2.00 bits per heavy atom. The van der Waals surface area contributed by atoms with Gasteiger partial charge in [-0.15, -0.1) is 0 Å². The van der Waals surface area contributed by atoms with Crippen molar-refractivity contribution in [2.75, 3.05) is 20.6 Å². The fraction of sp³-hybridized carbons (Fsp3) is 0.714. The van der Waals surface area contributed by atoms with Gasteiger partial charge in [0, 0.05) is 20.5 Å². The van der Waals surface area contributed by atoms with Crippen LogP contribution in [0.2, 0.25) is 0 Å². The number of hydrogen-bond donors (Lipinski definition) is 1. The number of nitrogens with zero attached hydrogens (tertiary/aromatic N) is 1. The molecular weight excluding hydrogens is 144 g/mol. The summed E-state index contributed by atoms with van der Waals surface area (Å²) < 4.78 is 0. The lowest BCUT2D eigenvalue weighted by Gasteiger charge is -2.14. The Morgan fingerprint density at radius 3 is 2.36 bits per heavy atom. The van der Waals surface area contributed by atoms with Gasteiger partial charge in [-0.2, -0.15) is 0 Å². The second-order valence-corrected chi connectivity index (χ2v) is 2.28. The van der Waals surface area contributed by atoms with Crippen molar-refractivity contribution >= 4 is 11.8 Å². The van der Waals surface area contributed by atoms with Crippen LogP contribution >= 0.6 is 0 Å². The Hall–Kier alpha value is -1.06. The molecule has 0 saturated heterocycles. The molecular formula is C7H14N2O2. The minimum atomic E-state index is -0.144. The lowest BCUT2D eigenvalue weighted by molar-refractivity contribution is -0.134. The van der Waals surface area contributed by atoms with E-state index in [2.05, 4.69) is 5.32 Å². The quantitative estimate of drug-likeness (QED) is 0.607. The second kappa shape index (κ2) is 4.71. The minimum Gasteiger partial charge on any atom is -0.358 e. The molecule has 11 heavy (non-hydrogen) atoms. The molecule has 0 aliphatic carbocycles. The molecule has 0 heterocycles. The van der Waals surface area contributed by atoms with Crippen LogP contribution in [0.15, 0.2) is 0 Å². The average molecular weight is 158 g/mol. The molecule has 0 rings (SSSR count). The maximum atomic E-state index is 10.9.